The average Bonchev–Trinajstić information content (AvgIpc) is 3.56. The summed E-state index contributed by atoms with van der Waals surface area (Å²) in [4.78, 5) is 2.14. The molecule has 0 aliphatic heterocycles. The molecular weight excluding hydrogens is 601 g/mol. The maximum absolute atomic E-state index is 4.61. The summed E-state index contributed by atoms with van der Waals surface area (Å²) in [6.07, 6.45) is 5.56. The van der Waals surface area contributed by atoms with Crippen LogP contribution in [0.2, 0.25) is 0 Å². The number of nitrogens with zero attached hydrogens (tertiary/aromatic N) is 5. The minimum absolute atomic E-state index is 0. The van der Waals surface area contributed by atoms with Gasteiger partial charge in [-0.3, -0.25) is 9.36 Å². The molecule has 0 saturated carbocycles. The van der Waals surface area contributed by atoms with Crippen molar-refractivity contribution < 1.29 is 21.1 Å². The van der Waals surface area contributed by atoms with Crippen molar-refractivity contribution in [2.24, 2.45) is 0 Å². The smallest absolute Gasteiger partial charge is 0.358 e. The predicted molar refractivity (Wildman–Crippen MR) is 131 cm³/mol. The van der Waals surface area contributed by atoms with Crippen molar-refractivity contribution in [1.82, 2.24) is 19.6 Å². The van der Waals surface area contributed by atoms with Crippen LogP contribution in [0.1, 0.15) is 0 Å². The molecule has 0 aliphatic carbocycles. The Morgan fingerprint density at radius 1 is 0.647 bits per heavy atom. The molecule has 34 heavy (non-hydrogen) atoms. The van der Waals surface area contributed by atoms with Gasteiger partial charge in [0.15, 0.2) is 0 Å². The molecule has 4 aromatic carbocycles. The van der Waals surface area contributed by atoms with Crippen molar-refractivity contribution in [1.29, 1.82) is 0 Å². The number of para-hydroxylation sites is 2. The van der Waals surface area contributed by atoms with Crippen molar-refractivity contribution in [2.45, 2.75) is 0 Å². The molecule has 0 radical (unpaired) electrons. The van der Waals surface area contributed by atoms with Crippen LogP contribution in [0, 0.1) is 12.1 Å². The normalized spacial score (nSPS) is 10.7. The fourth-order valence-corrected chi connectivity index (χ4v) is 3.97. The van der Waals surface area contributed by atoms with Gasteiger partial charge in [-0.15, -0.1) is 36.4 Å². The maximum atomic E-state index is 4.61. The van der Waals surface area contributed by atoms with Gasteiger partial charge in [0.25, 0.3) is 0 Å². The third kappa shape index (κ3) is 4.07. The summed E-state index contributed by atoms with van der Waals surface area (Å²) >= 11 is 0. The molecule has 6 rings (SSSR count). The second-order valence-electron chi connectivity index (χ2n) is 7.58. The van der Waals surface area contributed by atoms with Gasteiger partial charge in [-0.25, -0.2) is 0 Å². The first-order valence-corrected chi connectivity index (χ1v) is 10.7. The molecule has 0 atom stereocenters. The van der Waals surface area contributed by atoms with Crippen LogP contribution >= 0.6 is 0 Å². The van der Waals surface area contributed by atoms with E-state index in [9.17, 15) is 0 Å². The SMILES string of the molecule is [Pt+2].[c-]1c(N(c2[c-]c(-n3ncc4ccccc43)ccc2)c2ccccc2)cccc1-n1cccn1. The summed E-state index contributed by atoms with van der Waals surface area (Å²) in [5, 5.41) is 10.1. The first kappa shape index (κ1) is 21.9. The van der Waals surface area contributed by atoms with Gasteiger partial charge in [-0.05, 0) is 35.6 Å². The van der Waals surface area contributed by atoms with E-state index in [1.54, 1.807) is 6.20 Å². The van der Waals surface area contributed by atoms with Gasteiger partial charge in [0.05, 0.1) is 11.7 Å². The molecule has 0 saturated heterocycles. The van der Waals surface area contributed by atoms with E-state index in [1.807, 2.05) is 88.5 Å². The van der Waals surface area contributed by atoms with E-state index in [1.165, 1.54) is 0 Å². The molecule has 0 amide bonds. The minimum atomic E-state index is 0. The van der Waals surface area contributed by atoms with E-state index >= 15 is 0 Å². The molecular formula is C28H19N5Pt. The molecule has 0 unspecified atom stereocenters. The van der Waals surface area contributed by atoms with Crippen molar-refractivity contribution >= 4 is 28.0 Å². The van der Waals surface area contributed by atoms with Gasteiger partial charge in [0, 0.05) is 23.5 Å². The third-order valence-electron chi connectivity index (χ3n) is 5.48. The van der Waals surface area contributed by atoms with Crippen LogP contribution in [0.25, 0.3) is 22.3 Å². The molecule has 2 aromatic heterocycles. The van der Waals surface area contributed by atoms with Crippen molar-refractivity contribution in [2.75, 3.05) is 4.90 Å². The Morgan fingerprint density at radius 3 is 2.12 bits per heavy atom. The summed E-state index contributed by atoms with van der Waals surface area (Å²) < 4.78 is 3.73. The second-order valence-corrected chi connectivity index (χ2v) is 7.58. The zero-order valence-electron chi connectivity index (χ0n) is 18.0. The van der Waals surface area contributed by atoms with E-state index in [0.717, 1.165) is 39.3 Å². The number of hydrogen-bond donors (Lipinski definition) is 0. The molecule has 0 fully saturated rings. The Balaban J connectivity index is 0.00000241. The molecule has 2 heterocycles. The number of aromatic nitrogens is 4. The van der Waals surface area contributed by atoms with E-state index < -0.39 is 0 Å². The monoisotopic (exact) mass is 620 g/mol. The second kappa shape index (κ2) is 9.50. The van der Waals surface area contributed by atoms with Crippen molar-refractivity contribution in [3.05, 3.63) is 128 Å². The van der Waals surface area contributed by atoms with Crippen LogP contribution in [-0.2, 0) is 21.1 Å². The third-order valence-corrected chi connectivity index (χ3v) is 5.48. The average molecular weight is 621 g/mol. The largest absolute Gasteiger partial charge is 2.00 e. The standard InChI is InChI=1S/C28H19N5.Pt/c1-2-10-23(11-3-1)32(25-13-6-12-24(19-25)31-18-8-17-29-31)26-14-7-15-27(20-26)33-28-16-5-4-9-22(28)21-30-33;/h1-18,21H;/q-2;+2. The first-order chi connectivity index (χ1) is 16.4. The van der Waals surface area contributed by atoms with Crippen LogP contribution in [-0.4, -0.2) is 19.6 Å². The Hall–Kier alpha value is -3.95. The van der Waals surface area contributed by atoms with Crippen LogP contribution < -0.4 is 4.90 Å². The van der Waals surface area contributed by atoms with Crippen LogP contribution in [0.4, 0.5) is 17.1 Å². The van der Waals surface area contributed by atoms with Gasteiger partial charge in [-0.2, -0.15) is 22.3 Å². The van der Waals surface area contributed by atoms with Crippen LogP contribution in [0.15, 0.2) is 116 Å². The topological polar surface area (TPSA) is 38.9 Å². The Morgan fingerprint density at radius 2 is 1.35 bits per heavy atom. The summed E-state index contributed by atoms with van der Waals surface area (Å²) in [6, 6.07) is 39.6. The summed E-state index contributed by atoms with van der Waals surface area (Å²) in [6.45, 7) is 0. The zero-order valence-corrected chi connectivity index (χ0v) is 20.3. The minimum Gasteiger partial charge on any atom is -0.358 e. The number of fused-ring (bicyclic) bond motifs is 1. The van der Waals surface area contributed by atoms with E-state index in [0.29, 0.717) is 0 Å². The Labute approximate surface area is 212 Å². The fourth-order valence-electron chi connectivity index (χ4n) is 3.97. The quantitative estimate of drug-likeness (QED) is 0.213. The molecule has 5 nitrogen and oxygen atoms in total. The molecule has 166 valence electrons. The number of benzene rings is 4. The number of hydrogen-bond acceptors (Lipinski definition) is 3. The predicted octanol–water partition coefficient (Wildman–Crippen LogP) is 6.28. The molecule has 0 spiro atoms. The van der Waals surface area contributed by atoms with Crippen LogP contribution in [0.5, 0.6) is 0 Å². The molecule has 6 heteroatoms. The number of rotatable bonds is 5. The molecule has 0 N–H and O–H groups in total. The fraction of sp³-hybridized carbons (Fsp3) is 0. The molecule has 0 aliphatic rings. The van der Waals surface area contributed by atoms with Crippen molar-refractivity contribution in [3.8, 4) is 11.4 Å². The van der Waals surface area contributed by atoms with Crippen molar-refractivity contribution in [3.63, 3.8) is 0 Å². The Kier molecular flexibility index (Phi) is 6.11. The summed E-state index contributed by atoms with van der Waals surface area (Å²) in [5.74, 6) is 0. The van der Waals surface area contributed by atoms with Crippen LogP contribution in [0.3, 0.4) is 0 Å². The maximum Gasteiger partial charge on any atom is 2.00 e. The zero-order chi connectivity index (χ0) is 22.0. The van der Waals surface area contributed by atoms with Gasteiger partial charge >= 0.3 is 21.1 Å². The van der Waals surface area contributed by atoms with Gasteiger partial charge < -0.3 is 4.90 Å². The Bertz CT molecular complexity index is 1520. The molecule has 6 aromatic rings. The first-order valence-electron chi connectivity index (χ1n) is 10.7. The van der Waals surface area contributed by atoms with E-state index in [4.69, 9.17) is 0 Å². The summed E-state index contributed by atoms with van der Waals surface area (Å²) in [7, 11) is 0. The van der Waals surface area contributed by atoms with Gasteiger partial charge in [-0.1, -0.05) is 47.8 Å². The van der Waals surface area contributed by atoms with Gasteiger partial charge in [0.2, 0.25) is 0 Å². The molecule has 0 bridgehead atoms. The summed E-state index contributed by atoms with van der Waals surface area (Å²) in [5.41, 5.74) is 5.60. The van der Waals surface area contributed by atoms with Gasteiger partial charge in [0.1, 0.15) is 0 Å². The van der Waals surface area contributed by atoms with E-state index in [2.05, 4.69) is 57.6 Å². The number of anilines is 3. The van der Waals surface area contributed by atoms with E-state index in [-0.39, 0.29) is 21.1 Å².